The number of nitrogens with zero attached hydrogens (tertiary/aromatic N) is 3. The van der Waals surface area contributed by atoms with Gasteiger partial charge in [0.2, 0.25) is 10.0 Å². The van der Waals surface area contributed by atoms with Gasteiger partial charge in [0.1, 0.15) is 0 Å². The van der Waals surface area contributed by atoms with Crippen LogP contribution in [0.2, 0.25) is 0 Å². The standard InChI is InChI=1S/C17H34N4O4S2/c1-3-18-17(20-6-4-16(14-20)15-25-10-9-24-2)19-5-13-27(22,23)21-7-11-26-12-8-21/h16H,3-15H2,1-2H3,(H,18,19). The molecular formula is C17H34N4O4S2. The van der Waals surface area contributed by atoms with Crippen LogP contribution in [-0.4, -0.2) is 107 Å². The summed E-state index contributed by atoms with van der Waals surface area (Å²) >= 11 is 1.81. The highest BCUT2D eigenvalue weighted by Crippen LogP contribution is 2.17. The van der Waals surface area contributed by atoms with Crippen LogP contribution in [0.3, 0.4) is 0 Å². The van der Waals surface area contributed by atoms with Crippen molar-refractivity contribution in [1.82, 2.24) is 14.5 Å². The van der Waals surface area contributed by atoms with Gasteiger partial charge < -0.3 is 19.7 Å². The summed E-state index contributed by atoms with van der Waals surface area (Å²) in [5, 5.41) is 3.29. The highest BCUT2D eigenvalue weighted by atomic mass is 32.2. The Morgan fingerprint density at radius 1 is 1.26 bits per heavy atom. The summed E-state index contributed by atoms with van der Waals surface area (Å²) in [6, 6.07) is 0. The van der Waals surface area contributed by atoms with Crippen LogP contribution in [0.4, 0.5) is 0 Å². The van der Waals surface area contributed by atoms with E-state index in [1.54, 1.807) is 11.4 Å². The zero-order valence-electron chi connectivity index (χ0n) is 16.6. The van der Waals surface area contributed by atoms with E-state index in [0.29, 0.717) is 38.8 Å². The third-order valence-electron chi connectivity index (χ3n) is 4.68. The molecule has 158 valence electrons. The zero-order valence-corrected chi connectivity index (χ0v) is 18.2. The number of likely N-dealkylation sites (tertiary alicyclic amines) is 1. The summed E-state index contributed by atoms with van der Waals surface area (Å²) < 4.78 is 37.2. The van der Waals surface area contributed by atoms with Gasteiger partial charge in [-0.15, -0.1) is 0 Å². The quantitative estimate of drug-likeness (QED) is 0.308. The number of hydrogen-bond donors (Lipinski definition) is 1. The molecule has 10 heteroatoms. The third kappa shape index (κ3) is 7.77. The number of aliphatic imine (C=N–C) groups is 1. The van der Waals surface area contributed by atoms with E-state index in [4.69, 9.17) is 9.47 Å². The first-order valence-corrected chi connectivity index (χ1v) is 12.5. The van der Waals surface area contributed by atoms with Gasteiger partial charge in [0.05, 0.1) is 32.1 Å². The van der Waals surface area contributed by atoms with Gasteiger partial charge in [-0.25, -0.2) is 12.7 Å². The molecule has 1 unspecified atom stereocenters. The third-order valence-corrected chi connectivity index (χ3v) is 7.47. The van der Waals surface area contributed by atoms with E-state index in [9.17, 15) is 8.42 Å². The molecule has 2 rings (SSSR count). The molecule has 8 nitrogen and oxygen atoms in total. The van der Waals surface area contributed by atoms with E-state index in [0.717, 1.165) is 50.1 Å². The van der Waals surface area contributed by atoms with E-state index < -0.39 is 10.0 Å². The molecule has 2 saturated heterocycles. The lowest BCUT2D eigenvalue weighted by atomic mass is 10.1. The summed E-state index contributed by atoms with van der Waals surface area (Å²) in [5.41, 5.74) is 0. The molecule has 2 aliphatic heterocycles. The summed E-state index contributed by atoms with van der Waals surface area (Å²) in [6.45, 7) is 8.08. The van der Waals surface area contributed by atoms with Crippen molar-refractivity contribution in [2.24, 2.45) is 10.9 Å². The number of rotatable bonds is 10. The van der Waals surface area contributed by atoms with Gasteiger partial charge in [-0.1, -0.05) is 0 Å². The maximum Gasteiger partial charge on any atom is 0.215 e. The zero-order chi connectivity index (χ0) is 19.5. The Morgan fingerprint density at radius 2 is 2.04 bits per heavy atom. The molecule has 0 aromatic rings. The Balaban J connectivity index is 1.81. The number of hydrogen-bond acceptors (Lipinski definition) is 6. The topological polar surface area (TPSA) is 83.5 Å². The second-order valence-corrected chi connectivity index (χ2v) is 10.0. The smallest absolute Gasteiger partial charge is 0.215 e. The highest BCUT2D eigenvalue weighted by Gasteiger charge is 2.26. The Morgan fingerprint density at radius 3 is 2.74 bits per heavy atom. The number of nitrogens with one attached hydrogen (secondary N) is 1. The molecule has 2 fully saturated rings. The molecule has 27 heavy (non-hydrogen) atoms. The largest absolute Gasteiger partial charge is 0.382 e. The van der Waals surface area contributed by atoms with Crippen molar-refractivity contribution in [3.8, 4) is 0 Å². The SMILES string of the molecule is CCNC(=NCCS(=O)(=O)N1CCSCC1)N1CCC(COCCOC)C1. The van der Waals surface area contributed by atoms with Crippen LogP contribution in [0.5, 0.6) is 0 Å². The van der Waals surface area contributed by atoms with Crippen molar-refractivity contribution in [3.63, 3.8) is 0 Å². The number of thioether (sulfide) groups is 1. The minimum atomic E-state index is -3.21. The summed E-state index contributed by atoms with van der Waals surface area (Å²) in [7, 11) is -1.54. The predicted molar refractivity (Wildman–Crippen MR) is 111 cm³/mol. The molecule has 0 amide bonds. The molecule has 0 spiro atoms. The van der Waals surface area contributed by atoms with Crippen LogP contribution in [0, 0.1) is 5.92 Å². The second-order valence-electron chi connectivity index (χ2n) is 6.73. The Labute approximate surface area is 168 Å². The fourth-order valence-electron chi connectivity index (χ4n) is 3.20. The molecule has 0 aromatic heterocycles. The van der Waals surface area contributed by atoms with Crippen molar-refractivity contribution in [3.05, 3.63) is 0 Å². The van der Waals surface area contributed by atoms with Gasteiger partial charge >= 0.3 is 0 Å². The minimum absolute atomic E-state index is 0.0734. The fourth-order valence-corrected chi connectivity index (χ4v) is 5.65. The van der Waals surface area contributed by atoms with E-state index in [2.05, 4.69) is 15.2 Å². The van der Waals surface area contributed by atoms with Gasteiger partial charge in [-0.3, -0.25) is 4.99 Å². The minimum Gasteiger partial charge on any atom is -0.382 e. The van der Waals surface area contributed by atoms with Gasteiger partial charge in [0, 0.05) is 57.3 Å². The van der Waals surface area contributed by atoms with Crippen molar-refractivity contribution in [2.45, 2.75) is 13.3 Å². The lowest BCUT2D eigenvalue weighted by molar-refractivity contribution is 0.0536. The fraction of sp³-hybridized carbons (Fsp3) is 0.941. The van der Waals surface area contributed by atoms with Gasteiger partial charge in [0.25, 0.3) is 0 Å². The van der Waals surface area contributed by atoms with Crippen molar-refractivity contribution in [1.29, 1.82) is 0 Å². The van der Waals surface area contributed by atoms with Gasteiger partial charge in [-0.2, -0.15) is 11.8 Å². The van der Waals surface area contributed by atoms with Crippen LogP contribution in [0.15, 0.2) is 4.99 Å². The molecule has 0 aromatic carbocycles. The van der Waals surface area contributed by atoms with Crippen LogP contribution in [-0.2, 0) is 19.5 Å². The Bertz CT molecular complexity index is 553. The lowest BCUT2D eigenvalue weighted by Gasteiger charge is -2.25. The predicted octanol–water partition coefficient (Wildman–Crippen LogP) is 0.315. The first kappa shape index (κ1) is 22.7. The maximum absolute atomic E-state index is 12.5. The van der Waals surface area contributed by atoms with E-state index in [1.807, 2.05) is 18.7 Å². The van der Waals surface area contributed by atoms with E-state index >= 15 is 0 Å². The molecule has 0 radical (unpaired) electrons. The number of guanidine groups is 1. The van der Waals surface area contributed by atoms with E-state index in [1.165, 1.54) is 0 Å². The molecule has 2 heterocycles. The monoisotopic (exact) mass is 422 g/mol. The normalized spacial score (nSPS) is 22.4. The Kier molecular flexibility index (Phi) is 10.2. The highest BCUT2D eigenvalue weighted by molar-refractivity contribution is 7.99. The molecule has 1 atom stereocenters. The van der Waals surface area contributed by atoms with Crippen molar-refractivity contribution < 1.29 is 17.9 Å². The van der Waals surface area contributed by atoms with Crippen molar-refractivity contribution >= 4 is 27.7 Å². The molecule has 2 aliphatic rings. The first-order chi connectivity index (χ1) is 13.1. The van der Waals surface area contributed by atoms with E-state index in [-0.39, 0.29) is 5.75 Å². The van der Waals surface area contributed by atoms with Crippen LogP contribution in [0.25, 0.3) is 0 Å². The Hall–Kier alpha value is -0.550. The number of sulfonamides is 1. The molecule has 0 bridgehead atoms. The molecule has 1 N–H and O–H groups in total. The van der Waals surface area contributed by atoms with Gasteiger partial charge in [0.15, 0.2) is 5.96 Å². The average molecular weight is 423 g/mol. The first-order valence-electron chi connectivity index (χ1n) is 9.72. The average Bonchev–Trinajstić information content (AvgIpc) is 3.14. The summed E-state index contributed by atoms with van der Waals surface area (Å²) in [6.07, 6.45) is 1.06. The number of ether oxygens (including phenoxy) is 2. The van der Waals surface area contributed by atoms with Crippen molar-refractivity contribution in [2.75, 3.05) is 83.5 Å². The molecule has 0 saturated carbocycles. The van der Waals surface area contributed by atoms with Gasteiger partial charge in [-0.05, 0) is 13.3 Å². The van der Waals surface area contributed by atoms with Crippen LogP contribution >= 0.6 is 11.8 Å². The summed E-state index contributed by atoms with van der Waals surface area (Å²) in [4.78, 5) is 6.79. The maximum atomic E-state index is 12.5. The van der Waals surface area contributed by atoms with Crippen LogP contribution in [0.1, 0.15) is 13.3 Å². The molecule has 0 aliphatic carbocycles. The lowest BCUT2D eigenvalue weighted by Crippen LogP contribution is -2.42. The number of methoxy groups -OCH3 is 1. The van der Waals surface area contributed by atoms with Crippen LogP contribution < -0.4 is 5.32 Å². The summed E-state index contributed by atoms with van der Waals surface area (Å²) in [5.74, 6) is 3.12. The second kappa shape index (κ2) is 12.1. The molecular weight excluding hydrogens is 388 g/mol.